The minimum atomic E-state index is -3.51. The summed E-state index contributed by atoms with van der Waals surface area (Å²) >= 11 is 1.61. The topological polar surface area (TPSA) is 82.6 Å². The van der Waals surface area contributed by atoms with Crippen molar-refractivity contribution in [1.29, 1.82) is 0 Å². The molecule has 2 aromatic rings. The largest absolute Gasteiger partial charge is 0.350 e. The van der Waals surface area contributed by atoms with Gasteiger partial charge in [-0.05, 0) is 23.6 Å². The fourth-order valence-corrected chi connectivity index (χ4v) is 4.67. The number of pyridine rings is 1. The van der Waals surface area contributed by atoms with Gasteiger partial charge in [0.05, 0.1) is 13.1 Å². The van der Waals surface area contributed by atoms with E-state index in [1.165, 1.54) is 10.5 Å². The number of hydrogen-bond donors (Lipinski definition) is 1. The third-order valence-corrected chi connectivity index (χ3v) is 6.77. The summed E-state index contributed by atoms with van der Waals surface area (Å²) in [6, 6.07) is 7.09. The minimum absolute atomic E-state index is 0.0445. The number of carbonyl (C=O) groups is 1. The molecule has 3 heterocycles. The predicted octanol–water partition coefficient (Wildman–Crippen LogP) is 0.766. The zero-order valence-electron chi connectivity index (χ0n) is 13.7. The third-order valence-electron chi connectivity index (χ3n) is 4.01. The molecule has 1 N–H and O–H groups in total. The normalized spacial score (nSPS) is 16.6. The highest BCUT2D eigenvalue weighted by Crippen LogP contribution is 2.16. The van der Waals surface area contributed by atoms with Crippen LogP contribution in [0.5, 0.6) is 0 Å². The quantitative estimate of drug-likeness (QED) is 0.800. The molecule has 1 aliphatic rings. The fourth-order valence-electron chi connectivity index (χ4n) is 2.63. The number of sulfonamides is 1. The van der Waals surface area contributed by atoms with Crippen LogP contribution in [-0.2, 0) is 21.4 Å². The maximum absolute atomic E-state index is 12.5. The van der Waals surface area contributed by atoms with Gasteiger partial charge in [0.1, 0.15) is 4.90 Å². The Morgan fingerprint density at radius 3 is 2.64 bits per heavy atom. The number of nitrogens with one attached hydrogen (secondary N) is 1. The number of aromatic nitrogens is 1. The van der Waals surface area contributed by atoms with Gasteiger partial charge >= 0.3 is 0 Å². The zero-order chi connectivity index (χ0) is 17.7. The Morgan fingerprint density at radius 2 is 2.00 bits per heavy atom. The Labute approximate surface area is 151 Å². The molecule has 0 unspecified atom stereocenters. The van der Waals surface area contributed by atoms with Crippen molar-refractivity contribution in [2.45, 2.75) is 11.4 Å². The highest BCUT2D eigenvalue weighted by Gasteiger charge is 2.29. The second-order valence-corrected chi connectivity index (χ2v) is 8.70. The van der Waals surface area contributed by atoms with Crippen molar-refractivity contribution in [3.63, 3.8) is 0 Å². The van der Waals surface area contributed by atoms with E-state index < -0.39 is 10.0 Å². The molecule has 1 aliphatic heterocycles. The van der Waals surface area contributed by atoms with Gasteiger partial charge in [-0.2, -0.15) is 4.31 Å². The molecule has 1 saturated heterocycles. The first-order valence-electron chi connectivity index (χ1n) is 7.97. The van der Waals surface area contributed by atoms with Crippen LogP contribution in [0, 0.1) is 0 Å². The molecule has 1 amide bonds. The molecule has 2 aromatic heterocycles. The van der Waals surface area contributed by atoms with Crippen LogP contribution in [0.4, 0.5) is 0 Å². The van der Waals surface area contributed by atoms with Crippen molar-refractivity contribution in [3.8, 4) is 0 Å². The molecule has 25 heavy (non-hydrogen) atoms. The third kappa shape index (κ3) is 4.63. The molecule has 3 rings (SSSR count). The number of thiophene rings is 1. The second-order valence-electron chi connectivity index (χ2n) is 5.73. The Bertz CT molecular complexity index is 786. The summed E-state index contributed by atoms with van der Waals surface area (Å²) < 4.78 is 26.5. The number of amides is 1. The summed E-state index contributed by atoms with van der Waals surface area (Å²) in [5, 5.41) is 4.86. The van der Waals surface area contributed by atoms with E-state index in [1.54, 1.807) is 29.7 Å². The lowest BCUT2D eigenvalue weighted by Crippen LogP contribution is -2.50. The average molecular weight is 380 g/mol. The Morgan fingerprint density at radius 1 is 1.20 bits per heavy atom. The molecular formula is C16H20N4O3S2. The number of rotatable bonds is 6. The van der Waals surface area contributed by atoms with Gasteiger partial charge in [0.25, 0.3) is 0 Å². The average Bonchev–Trinajstić information content (AvgIpc) is 3.15. The summed E-state index contributed by atoms with van der Waals surface area (Å²) in [7, 11) is -3.51. The van der Waals surface area contributed by atoms with Crippen molar-refractivity contribution < 1.29 is 13.2 Å². The molecule has 0 saturated carbocycles. The maximum Gasteiger partial charge on any atom is 0.244 e. The van der Waals surface area contributed by atoms with E-state index in [2.05, 4.69) is 10.3 Å². The fraction of sp³-hybridized carbons (Fsp3) is 0.375. The van der Waals surface area contributed by atoms with Gasteiger partial charge < -0.3 is 5.32 Å². The Kier molecular flexibility index (Phi) is 5.79. The van der Waals surface area contributed by atoms with Gasteiger partial charge in [0.15, 0.2) is 0 Å². The molecule has 7 nitrogen and oxygen atoms in total. The van der Waals surface area contributed by atoms with Gasteiger partial charge in [-0.3, -0.25) is 14.7 Å². The van der Waals surface area contributed by atoms with Crippen molar-refractivity contribution in [1.82, 2.24) is 19.5 Å². The molecule has 0 aromatic carbocycles. The van der Waals surface area contributed by atoms with Gasteiger partial charge in [-0.15, -0.1) is 11.3 Å². The Hall–Kier alpha value is -1.81. The summed E-state index contributed by atoms with van der Waals surface area (Å²) in [6.07, 6.45) is 2.91. The van der Waals surface area contributed by atoms with E-state index in [-0.39, 0.29) is 17.3 Å². The van der Waals surface area contributed by atoms with Crippen LogP contribution < -0.4 is 5.32 Å². The van der Waals surface area contributed by atoms with Crippen LogP contribution in [0.25, 0.3) is 0 Å². The molecule has 0 atom stereocenters. The van der Waals surface area contributed by atoms with Gasteiger partial charge in [0.2, 0.25) is 15.9 Å². The van der Waals surface area contributed by atoms with Crippen molar-refractivity contribution >= 4 is 27.3 Å². The van der Waals surface area contributed by atoms with E-state index in [4.69, 9.17) is 0 Å². The van der Waals surface area contributed by atoms with Crippen molar-refractivity contribution in [2.75, 3.05) is 32.7 Å². The standard InChI is InChI=1S/C16H20N4O3S2/c21-16(18-11-14-3-2-10-24-14)13-19-6-8-20(9-7-19)25(22,23)15-4-1-5-17-12-15/h1-5,10,12H,6-9,11,13H2,(H,18,21). The molecule has 0 aliphatic carbocycles. The van der Waals surface area contributed by atoms with Crippen molar-refractivity contribution in [2.24, 2.45) is 0 Å². The summed E-state index contributed by atoms with van der Waals surface area (Å²) in [5.74, 6) is -0.0445. The molecule has 0 spiro atoms. The summed E-state index contributed by atoms with van der Waals surface area (Å²) in [4.78, 5) is 19.2. The zero-order valence-corrected chi connectivity index (χ0v) is 15.3. The van der Waals surface area contributed by atoms with Crippen LogP contribution in [0.2, 0.25) is 0 Å². The van der Waals surface area contributed by atoms with E-state index in [0.717, 1.165) is 4.88 Å². The monoisotopic (exact) mass is 380 g/mol. The van der Waals surface area contributed by atoms with E-state index in [9.17, 15) is 13.2 Å². The lowest BCUT2D eigenvalue weighted by Gasteiger charge is -2.33. The maximum atomic E-state index is 12.5. The van der Waals surface area contributed by atoms with Crippen LogP contribution in [0.1, 0.15) is 4.88 Å². The first-order valence-corrected chi connectivity index (χ1v) is 10.3. The number of piperazine rings is 1. The molecular weight excluding hydrogens is 360 g/mol. The van der Waals surface area contributed by atoms with Crippen LogP contribution in [0.3, 0.4) is 0 Å². The summed E-state index contributed by atoms with van der Waals surface area (Å²) in [6.45, 7) is 2.63. The highest BCUT2D eigenvalue weighted by atomic mass is 32.2. The lowest BCUT2D eigenvalue weighted by atomic mass is 10.3. The minimum Gasteiger partial charge on any atom is -0.350 e. The van der Waals surface area contributed by atoms with Gasteiger partial charge in [0, 0.05) is 43.4 Å². The first-order chi connectivity index (χ1) is 12.1. The number of carbonyl (C=O) groups excluding carboxylic acids is 1. The Balaban J connectivity index is 1.48. The molecule has 134 valence electrons. The predicted molar refractivity (Wildman–Crippen MR) is 95.6 cm³/mol. The van der Waals surface area contributed by atoms with Crippen molar-refractivity contribution in [3.05, 3.63) is 46.9 Å². The number of nitrogens with zero attached hydrogens (tertiary/aromatic N) is 3. The lowest BCUT2D eigenvalue weighted by molar-refractivity contribution is -0.122. The van der Waals surface area contributed by atoms with Crippen LogP contribution in [0.15, 0.2) is 46.9 Å². The van der Waals surface area contributed by atoms with E-state index in [0.29, 0.717) is 32.7 Å². The van der Waals surface area contributed by atoms with Crippen LogP contribution in [-0.4, -0.2) is 61.2 Å². The number of hydrogen-bond acceptors (Lipinski definition) is 6. The smallest absolute Gasteiger partial charge is 0.244 e. The molecule has 0 radical (unpaired) electrons. The molecule has 9 heteroatoms. The SMILES string of the molecule is O=C(CN1CCN(S(=O)(=O)c2cccnc2)CC1)NCc1cccs1. The van der Waals surface area contributed by atoms with Gasteiger partial charge in [-0.25, -0.2) is 8.42 Å². The molecule has 1 fully saturated rings. The highest BCUT2D eigenvalue weighted by molar-refractivity contribution is 7.89. The first kappa shape index (κ1) is 18.0. The molecule has 0 bridgehead atoms. The van der Waals surface area contributed by atoms with E-state index in [1.807, 2.05) is 22.4 Å². The second kappa shape index (κ2) is 8.05. The van der Waals surface area contributed by atoms with E-state index >= 15 is 0 Å². The van der Waals surface area contributed by atoms with Crippen LogP contribution >= 0.6 is 11.3 Å². The van der Waals surface area contributed by atoms with Gasteiger partial charge in [-0.1, -0.05) is 6.07 Å². The summed E-state index contributed by atoms with van der Waals surface area (Å²) in [5.41, 5.74) is 0.